The van der Waals surface area contributed by atoms with Crippen LogP contribution in [0, 0.1) is 13.8 Å². The largest absolute Gasteiger partial charge is 0.493 e. The van der Waals surface area contributed by atoms with Gasteiger partial charge in [-0.3, -0.25) is 9.59 Å². The van der Waals surface area contributed by atoms with Gasteiger partial charge in [0, 0.05) is 12.8 Å². The zero-order valence-corrected chi connectivity index (χ0v) is 29.6. The van der Waals surface area contributed by atoms with Crippen molar-refractivity contribution in [1.82, 2.24) is 10.9 Å². The molecule has 4 aromatic carbocycles. The van der Waals surface area contributed by atoms with E-state index in [0.717, 1.165) is 24.0 Å². The molecule has 0 atom stereocenters. The maximum atomic E-state index is 12.5. The van der Waals surface area contributed by atoms with Gasteiger partial charge in [-0.05, 0) is 98.5 Å². The highest BCUT2D eigenvalue weighted by atomic mass is 16.6. The van der Waals surface area contributed by atoms with E-state index in [4.69, 9.17) is 18.9 Å². The van der Waals surface area contributed by atoms with Crippen LogP contribution in [0.5, 0.6) is 23.0 Å². The molecule has 0 saturated heterocycles. The fourth-order valence-electron chi connectivity index (χ4n) is 4.79. The smallest absolute Gasteiger partial charge is 0.343 e. The monoisotopic (exact) mass is 706 g/mol. The number of esters is 2. The molecule has 2 amide bonds. The van der Waals surface area contributed by atoms with Crippen LogP contribution in [-0.4, -0.2) is 50.4 Å². The maximum Gasteiger partial charge on any atom is 0.343 e. The Balaban J connectivity index is 1.10. The molecule has 0 aliphatic rings. The van der Waals surface area contributed by atoms with Crippen molar-refractivity contribution in [3.63, 3.8) is 0 Å². The summed E-state index contributed by atoms with van der Waals surface area (Å²) in [5, 5.41) is 8.02. The van der Waals surface area contributed by atoms with E-state index in [1.54, 1.807) is 60.7 Å². The van der Waals surface area contributed by atoms with Crippen LogP contribution in [0.25, 0.3) is 0 Å². The predicted octanol–water partition coefficient (Wildman–Crippen LogP) is 6.70. The molecule has 0 radical (unpaired) electrons. The summed E-state index contributed by atoms with van der Waals surface area (Å²) in [6.45, 7) is 3.87. The molecule has 0 fully saturated rings. The first-order chi connectivity index (χ1) is 25.1. The van der Waals surface area contributed by atoms with Crippen molar-refractivity contribution in [1.29, 1.82) is 0 Å². The van der Waals surface area contributed by atoms with E-state index >= 15 is 0 Å². The molecular formula is C40H42N4O8. The van der Waals surface area contributed by atoms with Crippen LogP contribution < -0.4 is 29.8 Å². The summed E-state index contributed by atoms with van der Waals surface area (Å²) in [5.74, 6) is -0.221. The van der Waals surface area contributed by atoms with Gasteiger partial charge in [-0.25, -0.2) is 20.4 Å². The Kier molecular flexibility index (Phi) is 14.6. The number of hydrogen-bond donors (Lipinski definition) is 2. The number of carbonyl (C=O) groups excluding carboxylic acids is 4. The molecule has 0 aliphatic carbocycles. The van der Waals surface area contributed by atoms with Crippen LogP contribution in [-0.2, 0) is 9.59 Å². The first kappa shape index (κ1) is 38.5. The molecule has 52 heavy (non-hydrogen) atoms. The van der Waals surface area contributed by atoms with E-state index < -0.39 is 11.9 Å². The minimum Gasteiger partial charge on any atom is -0.493 e. The number of rotatable bonds is 17. The zero-order chi connectivity index (χ0) is 37.3. The predicted molar refractivity (Wildman–Crippen MR) is 197 cm³/mol. The third kappa shape index (κ3) is 12.2. The van der Waals surface area contributed by atoms with Crippen molar-refractivity contribution in [3.8, 4) is 23.0 Å². The van der Waals surface area contributed by atoms with E-state index in [9.17, 15) is 19.2 Å². The summed E-state index contributed by atoms with van der Waals surface area (Å²) in [5.41, 5.74) is 9.23. The topological polar surface area (TPSA) is 154 Å². The molecule has 4 aromatic rings. The summed E-state index contributed by atoms with van der Waals surface area (Å²) < 4.78 is 21.7. The third-order valence-corrected chi connectivity index (χ3v) is 7.72. The number of unbranched alkanes of at least 4 members (excludes halogenated alkanes) is 3. The van der Waals surface area contributed by atoms with Crippen LogP contribution in [0.1, 0.15) is 81.5 Å². The van der Waals surface area contributed by atoms with E-state index in [1.165, 1.54) is 26.6 Å². The second-order valence-electron chi connectivity index (χ2n) is 11.8. The standard InChI is InChI=1S/C40H42N4O8/c1-27-11-17-31(18-12-27)39(47)51-33-21-15-29(23-35(33)49-3)25-41-43-37(45)9-7-5-6-8-10-38(46)44-42-26-30-16-22-34(36(24-30)50-4)52-40(48)32-19-13-28(2)14-20-32/h11-26H,5-10H2,1-4H3,(H,43,45)(H,44,46). The lowest BCUT2D eigenvalue weighted by molar-refractivity contribution is -0.122. The summed E-state index contributed by atoms with van der Waals surface area (Å²) in [7, 11) is 2.94. The molecular weight excluding hydrogens is 664 g/mol. The highest BCUT2D eigenvalue weighted by molar-refractivity contribution is 5.92. The molecule has 0 aromatic heterocycles. The van der Waals surface area contributed by atoms with Crippen LogP contribution in [0.15, 0.2) is 95.1 Å². The van der Waals surface area contributed by atoms with Gasteiger partial charge in [0.1, 0.15) is 0 Å². The molecule has 2 N–H and O–H groups in total. The Labute approximate surface area is 302 Å². The lowest BCUT2D eigenvalue weighted by Gasteiger charge is -2.10. The number of nitrogens with one attached hydrogen (secondary N) is 2. The molecule has 0 spiro atoms. The normalized spacial score (nSPS) is 10.9. The van der Waals surface area contributed by atoms with E-state index in [2.05, 4.69) is 21.1 Å². The van der Waals surface area contributed by atoms with E-state index in [0.29, 0.717) is 59.4 Å². The van der Waals surface area contributed by atoms with Gasteiger partial charge in [0.05, 0.1) is 37.8 Å². The van der Waals surface area contributed by atoms with Crippen molar-refractivity contribution < 1.29 is 38.1 Å². The van der Waals surface area contributed by atoms with Gasteiger partial charge in [0.25, 0.3) is 0 Å². The summed E-state index contributed by atoms with van der Waals surface area (Å²) in [6, 6.07) is 24.0. The lowest BCUT2D eigenvalue weighted by atomic mass is 10.1. The highest BCUT2D eigenvalue weighted by Gasteiger charge is 2.14. The maximum absolute atomic E-state index is 12.5. The minimum absolute atomic E-state index is 0.229. The molecule has 12 nitrogen and oxygen atoms in total. The van der Waals surface area contributed by atoms with Crippen molar-refractivity contribution >= 4 is 36.2 Å². The fourth-order valence-corrected chi connectivity index (χ4v) is 4.79. The van der Waals surface area contributed by atoms with Gasteiger partial charge in [-0.1, -0.05) is 48.2 Å². The summed E-state index contributed by atoms with van der Waals surface area (Å²) in [6.07, 6.45) is 6.37. The second kappa shape index (κ2) is 19.8. The average Bonchev–Trinajstić information content (AvgIpc) is 3.14. The number of nitrogens with zero attached hydrogens (tertiary/aromatic N) is 2. The molecule has 12 heteroatoms. The molecule has 0 aliphatic heterocycles. The lowest BCUT2D eigenvalue weighted by Crippen LogP contribution is -2.17. The molecule has 270 valence electrons. The van der Waals surface area contributed by atoms with E-state index in [-0.39, 0.29) is 23.3 Å². The quantitative estimate of drug-likeness (QED) is 0.0404. The highest BCUT2D eigenvalue weighted by Crippen LogP contribution is 2.29. The Bertz CT molecular complexity index is 1770. The van der Waals surface area contributed by atoms with Crippen molar-refractivity contribution in [2.45, 2.75) is 52.4 Å². The van der Waals surface area contributed by atoms with Crippen molar-refractivity contribution in [2.24, 2.45) is 10.2 Å². The average molecular weight is 707 g/mol. The van der Waals surface area contributed by atoms with Crippen LogP contribution in [0.4, 0.5) is 0 Å². The number of hydrogen-bond acceptors (Lipinski definition) is 10. The Morgan fingerprint density at radius 2 is 0.923 bits per heavy atom. The number of methoxy groups -OCH3 is 2. The zero-order valence-electron chi connectivity index (χ0n) is 29.6. The number of ether oxygens (including phenoxy) is 4. The third-order valence-electron chi connectivity index (χ3n) is 7.72. The molecule has 0 saturated carbocycles. The number of aryl methyl sites for hydroxylation is 2. The summed E-state index contributed by atoms with van der Waals surface area (Å²) >= 11 is 0. The Hall–Kier alpha value is -6.30. The fraction of sp³-hybridized carbons (Fsp3) is 0.250. The molecule has 0 bridgehead atoms. The summed E-state index contributed by atoms with van der Waals surface area (Å²) in [4.78, 5) is 49.4. The number of carbonyl (C=O) groups is 4. The Morgan fingerprint density at radius 1 is 0.538 bits per heavy atom. The first-order valence-corrected chi connectivity index (χ1v) is 16.7. The van der Waals surface area contributed by atoms with E-state index in [1.807, 2.05) is 38.1 Å². The molecule has 0 unspecified atom stereocenters. The van der Waals surface area contributed by atoms with Crippen LogP contribution in [0.3, 0.4) is 0 Å². The number of amides is 2. The Morgan fingerprint density at radius 3 is 1.29 bits per heavy atom. The van der Waals surface area contributed by atoms with Crippen molar-refractivity contribution in [2.75, 3.05) is 14.2 Å². The number of benzene rings is 4. The first-order valence-electron chi connectivity index (χ1n) is 16.7. The number of hydrazone groups is 2. The van der Waals surface area contributed by atoms with Crippen molar-refractivity contribution in [3.05, 3.63) is 118 Å². The van der Waals surface area contributed by atoms with Gasteiger partial charge >= 0.3 is 11.9 Å². The van der Waals surface area contributed by atoms with Gasteiger partial charge in [-0.15, -0.1) is 0 Å². The molecule has 0 heterocycles. The molecule has 4 rings (SSSR count). The van der Waals surface area contributed by atoms with Gasteiger partial charge < -0.3 is 18.9 Å². The SMILES string of the molecule is COc1cc(C=NNC(=O)CCCCCCC(=O)NN=Cc2ccc(OC(=O)c3ccc(C)cc3)c(OC)c2)ccc1OC(=O)c1ccc(C)cc1. The van der Waals surface area contributed by atoms with Crippen LogP contribution >= 0.6 is 0 Å². The second-order valence-corrected chi connectivity index (χ2v) is 11.8. The van der Waals surface area contributed by atoms with Gasteiger partial charge in [0.15, 0.2) is 23.0 Å². The van der Waals surface area contributed by atoms with Gasteiger partial charge in [0.2, 0.25) is 11.8 Å². The van der Waals surface area contributed by atoms with Gasteiger partial charge in [-0.2, -0.15) is 10.2 Å². The minimum atomic E-state index is -0.498. The van der Waals surface area contributed by atoms with Crippen LogP contribution in [0.2, 0.25) is 0 Å².